The van der Waals surface area contributed by atoms with Crippen LogP contribution in [0.15, 0.2) is 24.3 Å². The van der Waals surface area contributed by atoms with Crippen LogP contribution < -0.4 is 0 Å². The molecule has 0 spiro atoms. The van der Waals surface area contributed by atoms with E-state index >= 15 is 0 Å². The van der Waals surface area contributed by atoms with Gasteiger partial charge in [0.05, 0.1) is 30.8 Å². The van der Waals surface area contributed by atoms with E-state index in [0.29, 0.717) is 5.92 Å². The van der Waals surface area contributed by atoms with Gasteiger partial charge >= 0.3 is 0 Å². The predicted octanol–water partition coefficient (Wildman–Crippen LogP) is 2.16. The number of fused-ring (bicyclic) bond motifs is 1. The Kier molecular flexibility index (Phi) is 3.86. The summed E-state index contributed by atoms with van der Waals surface area (Å²) in [6, 6.07) is 8.33. The van der Waals surface area contributed by atoms with E-state index in [-0.39, 0.29) is 6.29 Å². The number of ether oxygens (including phenoxy) is 2. The average Bonchev–Trinajstić information content (AvgIpc) is 3.18. The summed E-state index contributed by atoms with van der Waals surface area (Å²) in [6.07, 6.45) is 2.33. The Labute approximate surface area is 130 Å². The van der Waals surface area contributed by atoms with Crippen molar-refractivity contribution < 1.29 is 9.47 Å². The second-order valence-electron chi connectivity index (χ2n) is 6.30. The summed E-state index contributed by atoms with van der Waals surface area (Å²) in [4.78, 5) is 7.27. The van der Waals surface area contributed by atoms with Crippen LogP contribution in [-0.4, -0.2) is 47.0 Å². The largest absolute Gasteiger partial charge is 0.350 e. The maximum atomic E-state index is 5.65. The van der Waals surface area contributed by atoms with Crippen molar-refractivity contribution in [2.45, 2.75) is 25.7 Å². The van der Waals surface area contributed by atoms with Crippen molar-refractivity contribution in [2.24, 2.45) is 13.0 Å². The lowest BCUT2D eigenvalue weighted by molar-refractivity contribution is -0.0979. The zero-order valence-electron chi connectivity index (χ0n) is 13.1. The molecule has 0 saturated carbocycles. The number of rotatable bonds is 3. The van der Waals surface area contributed by atoms with Gasteiger partial charge in [-0.25, -0.2) is 4.98 Å². The number of aryl methyl sites for hydroxylation is 1. The fourth-order valence-corrected chi connectivity index (χ4v) is 3.57. The molecule has 0 N–H and O–H groups in total. The molecule has 0 radical (unpaired) electrons. The van der Waals surface area contributed by atoms with Gasteiger partial charge in [0, 0.05) is 13.0 Å². The van der Waals surface area contributed by atoms with Crippen LogP contribution in [0.1, 0.15) is 18.7 Å². The van der Waals surface area contributed by atoms with Crippen molar-refractivity contribution in [1.82, 2.24) is 14.5 Å². The van der Waals surface area contributed by atoms with E-state index in [0.717, 1.165) is 57.0 Å². The number of aromatic nitrogens is 2. The van der Waals surface area contributed by atoms with E-state index in [1.807, 2.05) is 6.07 Å². The van der Waals surface area contributed by atoms with E-state index < -0.39 is 0 Å². The number of likely N-dealkylation sites (tertiary alicyclic amines) is 1. The number of piperidine rings is 1. The van der Waals surface area contributed by atoms with Crippen molar-refractivity contribution in [3.05, 3.63) is 30.1 Å². The zero-order valence-corrected chi connectivity index (χ0v) is 13.1. The Bertz CT molecular complexity index is 640. The summed E-state index contributed by atoms with van der Waals surface area (Å²) in [5.74, 6) is 1.70. The van der Waals surface area contributed by atoms with Gasteiger partial charge in [-0.15, -0.1) is 0 Å². The molecule has 5 heteroatoms. The van der Waals surface area contributed by atoms with Crippen molar-refractivity contribution in [2.75, 3.05) is 26.3 Å². The van der Waals surface area contributed by atoms with Crippen LogP contribution in [0.2, 0.25) is 0 Å². The van der Waals surface area contributed by atoms with E-state index in [1.54, 1.807) is 0 Å². The molecule has 2 fully saturated rings. The van der Waals surface area contributed by atoms with Crippen LogP contribution in [0.4, 0.5) is 0 Å². The van der Waals surface area contributed by atoms with Crippen molar-refractivity contribution in [3.8, 4) is 0 Å². The van der Waals surface area contributed by atoms with Gasteiger partial charge in [-0.2, -0.15) is 0 Å². The van der Waals surface area contributed by atoms with Gasteiger partial charge in [0.2, 0.25) is 0 Å². The Morgan fingerprint density at radius 1 is 1.14 bits per heavy atom. The molecule has 0 amide bonds. The molecule has 5 nitrogen and oxygen atoms in total. The van der Waals surface area contributed by atoms with Gasteiger partial charge in [0.25, 0.3) is 0 Å². The first-order valence-corrected chi connectivity index (χ1v) is 8.17. The average molecular weight is 301 g/mol. The normalized spacial score (nSPS) is 21.9. The molecule has 0 atom stereocenters. The molecule has 22 heavy (non-hydrogen) atoms. The highest BCUT2D eigenvalue weighted by Gasteiger charge is 2.30. The second-order valence-corrected chi connectivity index (χ2v) is 6.30. The minimum Gasteiger partial charge on any atom is -0.350 e. The molecular weight excluding hydrogens is 278 g/mol. The van der Waals surface area contributed by atoms with E-state index in [4.69, 9.17) is 14.5 Å². The fourth-order valence-electron chi connectivity index (χ4n) is 3.57. The maximum Gasteiger partial charge on any atom is 0.160 e. The van der Waals surface area contributed by atoms with Crippen LogP contribution in [0.5, 0.6) is 0 Å². The molecular formula is C17H23N3O2. The first-order chi connectivity index (χ1) is 10.8. The highest BCUT2D eigenvalue weighted by atomic mass is 16.7. The molecule has 2 aromatic rings. The number of nitrogens with zero attached hydrogens (tertiary/aromatic N) is 3. The number of imidazole rings is 1. The molecule has 2 saturated heterocycles. The molecule has 3 heterocycles. The number of hydrogen-bond donors (Lipinski definition) is 0. The van der Waals surface area contributed by atoms with Crippen molar-refractivity contribution in [3.63, 3.8) is 0 Å². The third-order valence-corrected chi connectivity index (χ3v) is 4.91. The lowest BCUT2D eigenvalue weighted by Gasteiger charge is -2.33. The van der Waals surface area contributed by atoms with Gasteiger partial charge in [0.1, 0.15) is 5.82 Å². The first-order valence-electron chi connectivity index (χ1n) is 8.17. The quantitative estimate of drug-likeness (QED) is 0.871. The molecule has 2 aliphatic rings. The maximum absolute atomic E-state index is 5.65. The molecule has 1 aromatic carbocycles. The van der Waals surface area contributed by atoms with Crippen LogP contribution >= 0.6 is 0 Å². The number of hydrogen-bond acceptors (Lipinski definition) is 4. The Morgan fingerprint density at radius 3 is 2.59 bits per heavy atom. The minimum absolute atomic E-state index is 0.0397. The summed E-state index contributed by atoms with van der Waals surface area (Å²) in [5.41, 5.74) is 2.29. The third kappa shape index (κ3) is 2.64. The van der Waals surface area contributed by atoms with Gasteiger partial charge in [0.15, 0.2) is 6.29 Å². The molecule has 0 bridgehead atoms. The summed E-state index contributed by atoms with van der Waals surface area (Å²) >= 11 is 0. The number of para-hydroxylation sites is 2. The first kappa shape index (κ1) is 14.2. The molecule has 0 unspecified atom stereocenters. The smallest absolute Gasteiger partial charge is 0.160 e. The van der Waals surface area contributed by atoms with E-state index in [9.17, 15) is 0 Å². The van der Waals surface area contributed by atoms with E-state index in [1.165, 1.54) is 5.52 Å². The third-order valence-electron chi connectivity index (χ3n) is 4.91. The Hall–Kier alpha value is -1.43. The lowest BCUT2D eigenvalue weighted by Crippen LogP contribution is -2.38. The topological polar surface area (TPSA) is 39.5 Å². The van der Waals surface area contributed by atoms with Crippen LogP contribution in [-0.2, 0) is 23.1 Å². The highest BCUT2D eigenvalue weighted by molar-refractivity contribution is 5.75. The Morgan fingerprint density at radius 2 is 1.86 bits per heavy atom. The number of benzene rings is 1. The second kappa shape index (κ2) is 5.99. The van der Waals surface area contributed by atoms with Gasteiger partial charge < -0.3 is 14.0 Å². The molecule has 1 aromatic heterocycles. The zero-order chi connectivity index (χ0) is 14.9. The molecule has 118 valence electrons. The standard InChI is InChI=1S/C17H23N3O2/c1-19-15-5-3-2-4-14(15)18-16(19)12-20-8-6-13(7-9-20)17-21-10-11-22-17/h2-5,13,17H,6-12H2,1H3. The molecule has 0 aliphatic carbocycles. The molecule has 4 rings (SSSR count). The highest BCUT2D eigenvalue weighted by Crippen LogP contribution is 2.26. The van der Waals surface area contributed by atoms with Crippen LogP contribution in [0.3, 0.4) is 0 Å². The van der Waals surface area contributed by atoms with Gasteiger partial charge in [-0.05, 0) is 38.1 Å². The summed E-state index contributed by atoms with van der Waals surface area (Å²) < 4.78 is 13.5. The Balaban J connectivity index is 1.40. The van der Waals surface area contributed by atoms with Crippen LogP contribution in [0.25, 0.3) is 11.0 Å². The SMILES string of the molecule is Cn1c(CN2CCC(C3OCCO3)CC2)nc2ccccc21. The summed E-state index contributed by atoms with van der Waals surface area (Å²) in [6.45, 7) is 4.62. The van der Waals surface area contributed by atoms with Crippen LogP contribution in [0, 0.1) is 5.92 Å². The predicted molar refractivity (Wildman–Crippen MR) is 84.4 cm³/mol. The lowest BCUT2D eigenvalue weighted by atomic mass is 9.96. The monoisotopic (exact) mass is 301 g/mol. The summed E-state index contributed by atoms with van der Waals surface area (Å²) in [5, 5.41) is 0. The van der Waals surface area contributed by atoms with Gasteiger partial charge in [-0.3, -0.25) is 4.90 Å². The van der Waals surface area contributed by atoms with E-state index in [2.05, 4.69) is 34.7 Å². The fraction of sp³-hybridized carbons (Fsp3) is 0.588. The molecule has 2 aliphatic heterocycles. The summed E-state index contributed by atoms with van der Waals surface area (Å²) in [7, 11) is 2.11. The van der Waals surface area contributed by atoms with Gasteiger partial charge in [-0.1, -0.05) is 12.1 Å². The van der Waals surface area contributed by atoms with Crippen molar-refractivity contribution >= 4 is 11.0 Å². The van der Waals surface area contributed by atoms with Crippen molar-refractivity contribution in [1.29, 1.82) is 0 Å². The minimum atomic E-state index is 0.0397.